The molecule has 150 valence electrons. The van der Waals surface area contributed by atoms with Crippen molar-refractivity contribution in [2.24, 2.45) is 5.14 Å². The van der Waals surface area contributed by atoms with Crippen LogP contribution in [0.3, 0.4) is 0 Å². The van der Waals surface area contributed by atoms with E-state index in [0.717, 1.165) is 6.07 Å². The average molecular weight is 419 g/mol. The first-order valence-electron chi connectivity index (χ1n) is 8.36. The average Bonchev–Trinajstić information content (AvgIpc) is 2.98. The zero-order valence-corrected chi connectivity index (χ0v) is 16.2. The number of nitrogens with zero attached hydrogens (tertiary/aromatic N) is 4. The molecule has 0 saturated carbocycles. The molecule has 8 nitrogen and oxygen atoms in total. The molecule has 29 heavy (non-hydrogen) atoms. The number of halogens is 2. The van der Waals surface area contributed by atoms with E-state index in [1.807, 2.05) is 0 Å². The van der Waals surface area contributed by atoms with Gasteiger partial charge in [0.1, 0.15) is 27.9 Å². The molecule has 0 saturated heterocycles. The van der Waals surface area contributed by atoms with Crippen molar-refractivity contribution in [3.63, 3.8) is 0 Å². The second-order valence-corrected chi connectivity index (χ2v) is 7.91. The summed E-state index contributed by atoms with van der Waals surface area (Å²) in [6.07, 6.45) is 1.54. The third kappa shape index (κ3) is 3.28. The van der Waals surface area contributed by atoms with Gasteiger partial charge in [0.2, 0.25) is 15.9 Å². The van der Waals surface area contributed by atoms with E-state index in [2.05, 4.69) is 15.0 Å². The van der Waals surface area contributed by atoms with Crippen LogP contribution < -0.4 is 9.88 Å². The number of benzene rings is 1. The second-order valence-electron chi connectivity index (χ2n) is 6.38. The molecule has 0 bridgehead atoms. The van der Waals surface area contributed by atoms with Crippen molar-refractivity contribution >= 4 is 32.1 Å². The van der Waals surface area contributed by atoms with Gasteiger partial charge in [-0.3, -0.25) is 0 Å². The van der Waals surface area contributed by atoms with E-state index in [0.29, 0.717) is 39.8 Å². The van der Waals surface area contributed by atoms with Crippen molar-refractivity contribution in [3.8, 4) is 5.88 Å². The largest absolute Gasteiger partial charge is 0.481 e. The number of imidazole rings is 1. The fourth-order valence-electron chi connectivity index (χ4n) is 3.18. The van der Waals surface area contributed by atoms with Gasteiger partial charge in [0.15, 0.2) is 5.65 Å². The summed E-state index contributed by atoms with van der Waals surface area (Å²) in [5.41, 5.74) is 1.56. The Labute approximate surface area is 164 Å². The van der Waals surface area contributed by atoms with E-state index in [4.69, 9.17) is 9.88 Å². The maximum Gasteiger partial charge on any atom is 0.241 e. The Kier molecular flexibility index (Phi) is 4.43. The Morgan fingerprint density at radius 3 is 2.62 bits per heavy atom. The molecule has 0 radical (unpaired) electrons. The highest BCUT2D eigenvalue weighted by Gasteiger charge is 2.20. The lowest BCUT2D eigenvalue weighted by molar-refractivity contribution is 0.399. The van der Waals surface area contributed by atoms with E-state index in [1.165, 1.54) is 13.3 Å². The second kappa shape index (κ2) is 6.71. The van der Waals surface area contributed by atoms with Crippen LogP contribution in [-0.2, 0) is 16.6 Å². The summed E-state index contributed by atoms with van der Waals surface area (Å²) in [7, 11) is -2.89. The third-order valence-corrected chi connectivity index (χ3v) is 5.47. The fraction of sp³-hybridized carbons (Fsp3) is 0.167. The number of rotatable bonds is 4. The molecule has 0 aliphatic carbocycles. The molecule has 0 fully saturated rings. The van der Waals surface area contributed by atoms with Crippen LogP contribution in [0.25, 0.3) is 22.1 Å². The molecule has 0 spiro atoms. The highest BCUT2D eigenvalue weighted by atomic mass is 32.2. The van der Waals surface area contributed by atoms with Gasteiger partial charge in [-0.2, -0.15) is 4.98 Å². The molecule has 0 amide bonds. The lowest BCUT2D eigenvalue weighted by atomic mass is 10.2. The molecule has 3 aromatic heterocycles. The molecule has 4 rings (SSSR count). The number of hydrogen-bond acceptors (Lipinski definition) is 6. The molecule has 1 aromatic carbocycles. The first-order valence-corrected chi connectivity index (χ1v) is 9.91. The maximum absolute atomic E-state index is 14.5. The van der Waals surface area contributed by atoms with Gasteiger partial charge in [0.25, 0.3) is 0 Å². The van der Waals surface area contributed by atoms with Crippen molar-refractivity contribution in [2.75, 3.05) is 7.11 Å². The van der Waals surface area contributed by atoms with E-state index in [1.54, 1.807) is 23.6 Å². The molecule has 0 aliphatic heterocycles. The highest BCUT2D eigenvalue weighted by molar-refractivity contribution is 7.89. The van der Waals surface area contributed by atoms with Crippen LogP contribution in [0, 0.1) is 18.6 Å². The van der Waals surface area contributed by atoms with Crippen LogP contribution in [0.15, 0.2) is 35.4 Å². The van der Waals surface area contributed by atoms with Gasteiger partial charge in [-0.25, -0.2) is 32.3 Å². The minimum Gasteiger partial charge on any atom is -0.481 e. The Morgan fingerprint density at radius 2 is 1.93 bits per heavy atom. The predicted octanol–water partition coefficient (Wildman–Crippen LogP) is 2.27. The summed E-state index contributed by atoms with van der Waals surface area (Å²) in [4.78, 5) is 12.1. The van der Waals surface area contributed by atoms with E-state index < -0.39 is 26.6 Å². The minimum absolute atomic E-state index is 0.0521. The predicted molar refractivity (Wildman–Crippen MR) is 101 cm³/mol. The summed E-state index contributed by atoms with van der Waals surface area (Å²) in [6, 6.07) is 4.83. The van der Waals surface area contributed by atoms with Crippen molar-refractivity contribution in [1.82, 2.24) is 19.5 Å². The molecule has 4 aromatic rings. The summed E-state index contributed by atoms with van der Waals surface area (Å²) in [5.74, 6) is -1.09. The number of sulfonamides is 1. The van der Waals surface area contributed by atoms with Crippen molar-refractivity contribution in [3.05, 3.63) is 53.5 Å². The number of fused-ring (bicyclic) bond motifs is 3. The van der Waals surface area contributed by atoms with Crippen molar-refractivity contribution in [2.45, 2.75) is 18.4 Å². The summed E-state index contributed by atoms with van der Waals surface area (Å²) >= 11 is 0. The van der Waals surface area contributed by atoms with E-state index >= 15 is 0 Å². The maximum atomic E-state index is 14.5. The number of pyridine rings is 2. The Bertz CT molecular complexity index is 1390. The standard InChI is InChI=1S/C18H15F2N5O3S/c1-9-23-14-7-22-18-11(3-4-16(24-18)28-2)17(14)25(9)8-10-5-13(20)15(6-12(10)19)29(21,26)27/h3-7H,8H2,1-2H3,(H2,21,26,27). The van der Waals surface area contributed by atoms with Gasteiger partial charge in [-0.15, -0.1) is 0 Å². The Morgan fingerprint density at radius 1 is 1.17 bits per heavy atom. The molecule has 11 heteroatoms. The van der Waals surface area contributed by atoms with Gasteiger partial charge >= 0.3 is 0 Å². The summed E-state index contributed by atoms with van der Waals surface area (Å²) in [6.45, 7) is 1.64. The molecule has 0 aliphatic rings. The zero-order chi connectivity index (χ0) is 20.9. The summed E-state index contributed by atoms with van der Waals surface area (Å²) in [5, 5.41) is 5.58. The molecule has 3 heterocycles. The number of aromatic nitrogens is 4. The lowest BCUT2D eigenvalue weighted by Gasteiger charge is -2.11. The third-order valence-electron chi connectivity index (χ3n) is 4.54. The topological polar surface area (TPSA) is 113 Å². The van der Waals surface area contributed by atoms with Crippen LogP contribution in [0.2, 0.25) is 0 Å². The molecule has 0 unspecified atom stereocenters. The monoisotopic (exact) mass is 419 g/mol. The van der Waals surface area contributed by atoms with Crippen LogP contribution in [0.1, 0.15) is 11.4 Å². The highest BCUT2D eigenvalue weighted by Crippen LogP contribution is 2.27. The fourth-order valence-corrected chi connectivity index (χ4v) is 3.78. The molecule has 0 atom stereocenters. The molecule has 2 N–H and O–H groups in total. The van der Waals surface area contributed by atoms with E-state index in [-0.39, 0.29) is 12.1 Å². The first kappa shape index (κ1) is 19.2. The van der Waals surface area contributed by atoms with Gasteiger partial charge in [-0.05, 0) is 25.1 Å². The quantitative estimate of drug-likeness (QED) is 0.543. The minimum atomic E-state index is -4.38. The number of primary sulfonamides is 1. The SMILES string of the molecule is COc1ccc2c(ncc3nc(C)n(Cc4cc(F)c(S(N)(=O)=O)cc4F)c32)n1. The molecular formula is C18H15F2N5O3S. The smallest absolute Gasteiger partial charge is 0.241 e. The first-order chi connectivity index (χ1) is 13.7. The normalized spacial score (nSPS) is 12.0. The number of methoxy groups -OCH3 is 1. The van der Waals surface area contributed by atoms with E-state index in [9.17, 15) is 17.2 Å². The van der Waals surface area contributed by atoms with Crippen LogP contribution >= 0.6 is 0 Å². The van der Waals surface area contributed by atoms with Gasteiger partial charge in [0.05, 0.1) is 25.4 Å². The van der Waals surface area contributed by atoms with Crippen molar-refractivity contribution in [1.29, 1.82) is 0 Å². The number of hydrogen-bond donors (Lipinski definition) is 1. The van der Waals surface area contributed by atoms with Gasteiger partial charge in [-0.1, -0.05) is 0 Å². The van der Waals surface area contributed by atoms with Gasteiger partial charge in [0, 0.05) is 17.0 Å². The Hall–Kier alpha value is -3.18. The number of ether oxygens (including phenoxy) is 1. The van der Waals surface area contributed by atoms with Crippen LogP contribution in [-0.4, -0.2) is 35.0 Å². The number of aryl methyl sites for hydroxylation is 1. The Balaban J connectivity index is 1.90. The van der Waals surface area contributed by atoms with Crippen LogP contribution in [0.5, 0.6) is 5.88 Å². The lowest BCUT2D eigenvalue weighted by Crippen LogP contribution is -2.15. The molecular weight excluding hydrogens is 404 g/mol. The zero-order valence-electron chi connectivity index (χ0n) is 15.3. The van der Waals surface area contributed by atoms with Crippen molar-refractivity contribution < 1.29 is 21.9 Å². The summed E-state index contributed by atoms with van der Waals surface area (Å²) < 4.78 is 58.3. The number of nitrogens with two attached hydrogens (primary N) is 1. The van der Waals surface area contributed by atoms with Gasteiger partial charge < -0.3 is 9.30 Å². The van der Waals surface area contributed by atoms with Crippen LogP contribution in [0.4, 0.5) is 8.78 Å².